The van der Waals surface area contributed by atoms with Gasteiger partial charge in [-0.3, -0.25) is 4.68 Å². The van der Waals surface area contributed by atoms with Crippen molar-refractivity contribution >= 4 is 27.4 Å². The van der Waals surface area contributed by atoms with E-state index in [1.54, 1.807) is 39.3 Å². The number of aromatic nitrogens is 4. The molecule has 11 nitrogen and oxygen atoms in total. The van der Waals surface area contributed by atoms with Crippen molar-refractivity contribution in [2.45, 2.75) is 42.4 Å². The second-order valence-electron chi connectivity index (χ2n) is 9.58. The summed E-state index contributed by atoms with van der Waals surface area (Å²) < 4.78 is 33.9. The molecule has 3 heterocycles. The van der Waals surface area contributed by atoms with Gasteiger partial charge in [0.05, 0.1) is 30.6 Å². The maximum absolute atomic E-state index is 13.9. The minimum Gasteiger partial charge on any atom is -0.377 e. The average Bonchev–Trinajstić information content (AvgIpc) is 3.64. The van der Waals surface area contributed by atoms with E-state index in [1.807, 2.05) is 18.2 Å². The van der Waals surface area contributed by atoms with Crippen LogP contribution in [0.1, 0.15) is 31.2 Å². The highest BCUT2D eigenvalue weighted by Crippen LogP contribution is 2.55. The average molecular weight is 526 g/mol. The van der Waals surface area contributed by atoms with E-state index in [0.29, 0.717) is 61.3 Å². The molecule has 0 bridgehead atoms. The lowest BCUT2D eigenvalue weighted by molar-refractivity contribution is 0.0985. The Balaban J connectivity index is 1.60. The summed E-state index contributed by atoms with van der Waals surface area (Å²) in [6.07, 6.45) is 2.52. The molecular weight excluding hydrogens is 494 g/mol. The van der Waals surface area contributed by atoms with E-state index in [4.69, 9.17) is 14.7 Å². The number of aryl methyl sites for hydroxylation is 2. The molecule has 1 aliphatic carbocycles. The monoisotopic (exact) mass is 525 g/mol. The standard InChI is InChI=1S/C25H31N7O4S/c1-16-15-36-12-11-32(16)22-13-21(25(9-10-25)37(34,35)20-14-31(4)30-17(20)2)28-23(29-22)18-5-7-19(8-6-18)27-24(33)26-3/h5-8,13-14,16H,9-12,15H2,1-4H3,(H2,26,27,33)/t16-/m0/s1. The smallest absolute Gasteiger partial charge is 0.318 e. The van der Waals surface area contributed by atoms with Crippen molar-refractivity contribution in [2.24, 2.45) is 7.05 Å². The number of sulfone groups is 1. The number of hydrogen-bond acceptors (Lipinski definition) is 8. The van der Waals surface area contributed by atoms with Gasteiger partial charge in [0.2, 0.25) is 0 Å². The Morgan fingerprint density at radius 1 is 1.19 bits per heavy atom. The number of urea groups is 1. The van der Waals surface area contributed by atoms with E-state index in [2.05, 4.69) is 27.6 Å². The number of nitrogens with zero attached hydrogens (tertiary/aromatic N) is 5. The van der Waals surface area contributed by atoms with Gasteiger partial charge in [0.1, 0.15) is 15.5 Å². The quantitative estimate of drug-likeness (QED) is 0.502. The fraction of sp³-hybridized carbons (Fsp3) is 0.440. The summed E-state index contributed by atoms with van der Waals surface area (Å²) in [6.45, 7) is 5.55. The van der Waals surface area contributed by atoms with Crippen LogP contribution in [-0.4, -0.2) is 67.0 Å². The highest BCUT2D eigenvalue weighted by Gasteiger charge is 2.58. The van der Waals surface area contributed by atoms with Crippen LogP contribution in [0.5, 0.6) is 0 Å². The van der Waals surface area contributed by atoms with Crippen molar-refractivity contribution in [1.29, 1.82) is 0 Å². The molecule has 37 heavy (non-hydrogen) atoms. The van der Waals surface area contributed by atoms with E-state index in [-0.39, 0.29) is 17.0 Å². The van der Waals surface area contributed by atoms with Gasteiger partial charge in [0, 0.05) is 44.2 Å². The first-order valence-electron chi connectivity index (χ1n) is 12.2. The van der Waals surface area contributed by atoms with Crippen LogP contribution >= 0.6 is 0 Å². The summed E-state index contributed by atoms with van der Waals surface area (Å²) >= 11 is 0. The second-order valence-corrected chi connectivity index (χ2v) is 11.8. The first-order chi connectivity index (χ1) is 17.6. The third-order valence-corrected chi connectivity index (χ3v) is 9.57. The van der Waals surface area contributed by atoms with Crippen LogP contribution in [0, 0.1) is 6.92 Å². The van der Waals surface area contributed by atoms with Gasteiger partial charge in [-0.25, -0.2) is 23.2 Å². The zero-order valence-electron chi connectivity index (χ0n) is 21.4. The molecule has 196 valence electrons. The third-order valence-electron chi connectivity index (χ3n) is 6.95. The van der Waals surface area contributed by atoms with E-state index < -0.39 is 14.6 Å². The molecule has 1 aromatic carbocycles. The Bertz CT molecular complexity index is 1430. The second kappa shape index (κ2) is 9.42. The van der Waals surface area contributed by atoms with E-state index in [0.717, 1.165) is 5.56 Å². The summed E-state index contributed by atoms with van der Waals surface area (Å²) in [5.74, 6) is 1.11. The molecule has 12 heteroatoms. The van der Waals surface area contributed by atoms with Crippen LogP contribution in [0.25, 0.3) is 11.4 Å². The van der Waals surface area contributed by atoms with E-state index in [9.17, 15) is 13.2 Å². The first-order valence-corrected chi connectivity index (χ1v) is 13.7. The van der Waals surface area contributed by atoms with Crippen LogP contribution in [0.4, 0.5) is 16.3 Å². The van der Waals surface area contributed by atoms with Crippen LogP contribution in [0.2, 0.25) is 0 Å². The normalized spacial score (nSPS) is 18.9. The predicted octanol–water partition coefficient (Wildman–Crippen LogP) is 2.62. The van der Waals surface area contributed by atoms with Crippen molar-refractivity contribution in [1.82, 2.24) is 25.1 Å². The highest BCUT2D eigenvalue weighted by molar-refractivity contribution is 7.92. The maximum atomic E-state index is 13.9. The molecule has 1 saturated heterocycles. The summed E-state index contributed by atoms with van der Waals surface area (Å²) in [6, 6.07) is 8.74. The molecular formula is C25H31N7O4S. The van der Waals surface area contributed by atoms with Crippen molar-refractivity contribution in [3.05, 3.63) is 47.9 Å². The molecule has 5 rings (SSSR count). The molecule has 0 spiro atoms. The number of anilines is 2. The van der Waals surface area contributed by atoms with Gasteiger partial charge in [-0.1, -0.05) is 0 Å². The lowest BCUT2D eigenvalue weighted by Gasteiger charge is -2.34. The Morgan fingerprint density at radius 2 is 1.92 bits per heavy atom. The molecule has 1 atom stereocenters. The molecule has 2 amide bonds. The van der Waals surface area contributed by atoms with Crippen molar-refractivity contribution < 1.29 is 17.9 Å². The molecule has 1 saturated carbocycles. The summed E-state index contributed by atoms with van der Waals surface area (Å²) in [4.78, 5) is 23.7. The van der Waals surface area contributed by atoms with Crippen molar-refractivity contribution in [2.75, 3.05) is 37.0 Å². The van der Waals surface area contributed by atoms with Gasteiger partial charge in [-0.2, -0.15) is 5.10 Å². The van der Waals surface area contributed by atoms with Crippen LogP contribution in [-0.2, 0) is 26.4 Å². The van der Waals surface area contributed by atoms with Crippen LogP contribution in [0.3, 0.4) is 0 Å². The number of morpholine rings is 1. The predicted molar refractivity (Wildman–Crippen MR) is 139 cm³/mol. The molecule has 0 radical (unpaired) electrons. The molecule has 1 aliphatic heterocycles. The Kier molecular flexibility index (Phi) is 6.40. The van der Waals surface area contributed by atoms with Crippen LogP contribution < -0.4 is 15.5 Å². The molecule has 2 N–H and O–H groups in total. The number of amides is 2. The fourth-order valence-corrected chi connectivity index (χ4v) is 6.90. The Morgan fingerprint density at radius 3 is 2.51 bits per heavy atom. The lowest BCUT2D eigenvalue weighted by Crippen LogP contribution is -2.44. The SMILES string of the molecule is CNC(=O)Nc1ccc(-c2nc(N3CCOC[C@@H]3C)cc(C3(S(=O)(=O)c4cn(C)nc4C)CC3)n2)cc1. The zero-order chi connectivity index (χ0) is 26.4. The minimum atomic E-state index is -3.74. The molecule has 3 aromatic rings. The van der Waals surface area contributed by atoms with Gasteiger partial charge < -0.3 is 20.3 Å². The summed E-state index contributed by atoms with van der Waals surface area (Å²) in [5, 5.41) is 9.51. The van der Waals surface area contributed by atoms with Gasteiger partial charge in [0.25, 0.3) is 0 Å². The lowest BCUT2D eigenvalue weighted by atomic mass is 10.1. The number of carbonyl (C=O) groups is 1. The number of rotatable bonds is 6. The number of benzene rings is 1. The van der Waals surface area contributed by atoms with Crippen molar-refractivity contribution in [3.63, 3.8) is 0 Å². The highest BCUT2D eigenvalue weighted by atomic mass is 32.2. The van der Waals surface area contributed by atoms with E-state index in [1.165, 1.54) is 4.68 Å². The van der Waals surface area contributed by atoms with E-state index >= 15 is 0 Å². The number of carbonyl (C=O) groups excluding carboxylic acids is 1. The molecule has 2 fully saturated rings. The van der Waals surface area contributed by atoms with Gasteiger partial charge in [-0.15, -0.1) is 0 Å². The molecule has 2 aromatic heterocycles. The summed E-state index contributed by atoms with van der Waals surface area (Å²) in [5.41, 5.74) is 2.30. The van der Waals surface area contributed by atoms with Crippen LogP contribution in [0.15, 0.2) is 41.4 Å². The maximum Gasteiger partial charge on any atom is 0.318 e. The molecule has 2 aliphatic rings. The van der Waals surface area contributed by atoms with Gasteiger partial charge in [-0.05, 0) is 51.0 Å². The minimum absolute atomic E-state index is 0.0795. The Hall–Kier alpha value is -3.51. The number of ether oxygens (including phenoxy) is 1. The largest absolute Gasteiger partial charge is 0.377 e. The van der Waals surface area contributed by atoms with Gasteiger partial charge >= 0.3 is 6.03 Å². The molecule has 0 unspecified atom stereocenters. The topological polar surface area (TPSA) is 131 Å². The Labute approximate surface area is 216 Å². The fourth-order valence-electron chi connectivity index (χ4n) is 4.74. The van der Waals surface area contributed by atoms with Gasteiger partial charge in [0.15, 0.2) is 15.7 Å². The summed E-state index contributed by atoms with van der Waals surface area (Å²) in [7, 11) is -0.480. The number of nitrogens with one attached hydrogen (secondary N) is 2. The first kappa shape index (κ1) is 25.2. The third kappa shape index (κ3) is 4.55. The number of hydrogen-bond donors (Lipinski definition) is 2. The zero-order valence-corrected chi connectivity index (χ0v) is 22.2. The van der Waals surface area contributed by atoms with Crippen molar-refractivity contribution in [3.8, 4) is 11.4 Å².